The van der Waals surface area contributed by atoms with Gasteiger partial charge in [0.1, 0.15) is 0 Å². The molecule has 0 unspecified atom stereocenters. The number of alkyl halides is 8. The van der Waals surface area contributed by atoms with E-state index in [0.717, 1.165) is 0 Å². The lowest BCUT2D eigenvalue weighted by Gasteiger charge is -2.43. The van der Waals surface area contributed by atoms with Gasteiger partial charge in [0.25, 0.3) is 11.3 Å². The van der Waals surface area contributed by atoms with Gasteiger partial charge in [0.15, 0.2) is 0 Å². The molecule has 2 aromatic carbocycles. The van der Waals surface area contributed by atoms with Crippen molar-refractivity contribution in [1.82, 2.24) is 0 Å². The average Bonchev–Trinajstić information content (AvgIpc) is 2.54. The second kappa shape index (κ2) is 5.70. The van der Waals surface area contributed by atoms with Crippen molar-refractivity contribution in [1.29, 1.82) is 0 Å². The third-order valence-electron chi connectivity index (χ3n) is 5.53. The van der Waals surface area contributed by atoms with Crippen molar-refractivity contribution in [2.24, 2.45) is 0 Å². The molecule has 0 aromatic heterocycles. The van der Waals surface area contributed by atoms with Crippen molar-refractivity contribution in [3.05, 3.63) is 68.8 Å². The zero-order chi connectivity index (χ0) is 21.4. The summed E-state index contributed by atoms with van der Waals surface area (Å²) >= 11 is 0. The molecule has 2 aromatic rings. The van der Waals surface area contributed by atoms with Gasteiger partial charge in [-0.25, -0.2) is 8.78 Å². The highest BCUT2D eigenvalue weighted by Crippen LogP contribution is 2.62. The van der Waals surface area contributed by atoms with Gasteiger partial charge in [-0.1, -0.05) is 24.3 Å². The summed E-state index contributed by atoms with van der Waals surface area (Å²) in [7, 11) is 0. The molecular weight excluding hydrogens is 392 g/mol. The minimum Gasteiger partial charge on any atom is -0.223 e. The first kappa shape index (κ1) is 20.6. The van der Waals surface area contributed by atoms with Gasteiger partial charge in [-0.2, -0.15) is 26.3 Å². The molecule has 1 aliphatic carbocycles. The van der Waals surface area contributed by atoms with Crippen LogP contribution in [0.1, 0.15) is 44.5 Å². The van der Waals surface area contributed by atoms with E-state index in [1.807, 2.05) is 0 Å². The summed E-state index contributed by atoms with van der Waals surface area (Å²) < 4.78 is 115. The number of benzene rings is 2. The third kappa shape index (κ3) is 2.42. The Morgan fingerprint density at radius 1 is 0.500 bits per heavy atom. The van der Waals surface area contributed by atoms with Crippen LogP contribution in [0.2, 0.25) is 0 Å². The Hall–Kier alpha value is -2.12. The Bertz CT molecular complexity index is 828. The Morgan fingerprint density at radius 3 is 0.821 bits per heavy atom. The topological polar surface area (TPSA) is 0 Å². The van der Waals surface area contributed by atoms with Crippen LogP contribution in [0.25, 0.3) is 0 Å². The summed E-state index contributed by atoms with van der Waals surface area (Å²) in [6.07, 6.45) is -11.2. The molecule has 0 spiro atoms. The molecular formula is C20H16F8. The SMILES string of the molecule is Cc1cc2c(cc1C)C(F)(C(F)(F)F)c1cc(C)c(C)cc1C2(F)C(F)(F)F. The van der Waals surface area contributed by atoms with Crippen LogP contribution >= 0.6 is 0 Å². The molecule has 0 saturated heterocycles. The summed E-state index contributed by atoms with van der Waals surface area (Å²) in [6.45, 7) is 5.32. The second-order valence-corrected chi connectivity index (χ2v) is 7.28. The normalized spacial score (nSPS) is 24.7. The number of hydrogen-bond donors (Lipinski definition) is 0. The lowest BCUT2D eigenvalue weighted by molar-refractivity contribution is -0.239. The smallest absolute Gasteiger partial charge is 0.223 e. The quantitative estimate of drug-likeness (QED) is 0.422. The van der Waals surface area contributed by atoms with Gasteiger partial charge in [-0.15, -0.1) is 0 Å². The maximum absolute atomic E-state index is 15.8. The van der Waals surface area contributed by atoms with E-state index >= 15 is 8.78 Å². The molecule has 0 fully saturated rings. The first-order valence-electron chi connectivity index (χ1n) is 8.32. The van der Waals surface area contributed by atoms with E-state index in [-0.39, 0.29) is 22.3 Å². The molecule has 0 saturated carbocycles. The van der Waals surface area contributed by atoms with Crippen molar-refractivity contribution >= 4 is 0 Å². The van der Waals surface area contributed by atoms with E-state index in [0.29, 0.717) is 24.3 Å². The average molecular weight is 408 g/mol. The van der Waals surface area contributed by atoms with Crippen LogP contribution < -0.4 is 0 Å². The zero-order valence-electron chi connectivity index (χ0n) is 15.3. The van der Waals surface area contributed by atoms with Gasteiger partial charge in [0.2, 0.25) is 0 Å². The van der Waals surface area contributed by atoms with Crippen molar-refractivity contribution in [2.75, 3.05) is 0 Å². The zero-order valence-corrected chi connectivity index (χ0v) is 15.3. The molecule has 0 atom stereocenters. The maximum atomic E-state index is 15.8. The van der Waals surface area contributed by atoms with Gasteiger partial charge < -0.3 is 0 Å². The maximum Gasteiger partial charge on any atom is 0.431 e. The highest BCUT2D eigenvalue weighted by molar-refractivity contribution is 5.62. The van der Waals surface area contributed by atoms with E-state index in [9.17, 15) is 26.3 Å². The fourth-order valence-corrected chi connectivity index (χ4v) is 3.67. The number of aryl methyl sites for hydroxylation is 4. The predicted molar refractivity (Wildman–Crippen MR) is 87.7 cm³/mol. The first-order valence-corrected chi connectivity index (χ1v) is 8.32. The standard InChI is InChI=1S/C20H16F8/c1-9-5-13-14(6-10(9)2)18(22,20(26,27)28)16-8-12(4)11(3)7-15(16)17(13,21)19(23,24)25/h5-8H,1-4H3. The predicted octanol–water partition coefficient (Wildman–Crippen LogP) is 6.78. The van der Waals surface area contributed by atoms with Gasteiger partial charge in [-0.05, 0) is 49.9 Å². The van der Waals surface area contributed by atoms with Crippen LogP contribution in [0.4, 0.5) is 35.1 Å². The fraction of sp³-hybridized carbons (Fsp3) is 0.400. The van der Waals surface area contributed by atoms with E-state index < -0.39 is 45.9 Å². The molecule has 0 aliphatic heterocycles. The van der Waals surface area contributed by atoms with E-state index in [4.69, 9.17) is 0 Å². The Kier molecular flexibility index (Phi) is 4.20. The van der Waals surface area contributed by atoms with Gasteiger partial charge in [0.05, 0.1) is 0 Å². The minimum atomic E-state index is -5.59. The third-order valence-corrected chi connectivity index (χ3v) is 5.53. The van der Waals surface area contributed by atoms with Crippen LogP contribution in [0.5, 0.6) is 0 Å². The van der Waals surface area contributed by atoms with Crippen molar-refractivity contribution in [3.8, 4) is 0 Å². The molecule has 0 radical (unpaired) electrons. The van der Waals surface area contributed by atoms with Crippen LogP contribution in [-0.2, 0) is 11.3 Å². The summed E-state index contributed by atoms with van der Waals surface area (Å²) in [6, 6.07) is 2.65. The number of hydrogen-bond acceptors (Lipinski definition) is 0. The highest BCUT2D eigenvalue weighted by atomic mass is 19.4. The van der Waals surface area contributed by atoms with Crippen LogP contribution in [0.3, 0.4) is 0 Å². The van der Waals surface area contributed by atoms with Gasteiger partial charge >= 0.3 is 12.4 Å². The molecule has 0 heterocycles. The van der Waals surface area contributed by atoms with Crippen LogP contribution in [-0.4, -0.2) is 12.4 Å². The second-order valence-electron chi connectivity index (χ2n) is 7.28. The van der Waals surface area contributed by atoms with Crippen molar-refractivity contribution < 1.29 is 35.1 Å². The highest BCUT2D eigenvalue weighted by Gasteiger charge is 2.71. The van der Waals surface area contributed by atoms with Crippen LogP contribution in [0, 0.1) is 27.7 Å². The number of rotatable bonds is 0. The van der Waals surface area contributed by atoms with Crippen molar-refractivity contribution in [3.63, 3.8) is 0 Å². The molecule has 0 bridgehead atoms. The summed E-state index contributed by atoms with van der Waals surface area (Å²) in [5, 5.41) is 0. The molecule has 28 heavy (non-hydrogen) atoms. The lowest BCUT2D eigenvalue weighted by atomic mass is 9.67. The summed E-state index contributed by atoms with van der Waals surface area (Å²) in [5.41, 5.74) is -13.5. The van der Waals surface area contributed by atoms with Crippen LogP contribution in [0.15, 0.2) is 24.3 Å². The molecule has 0 nitrogen and oxygen atoms in total. The largest absolute Gasteiger partial charge is 0.431 e. The van der Waals surface area contributed by atoms with Crippen molar-refractivity contribution in [2.45, 2.75) is 51.4 Å². The van der Waals surface area contributed by atoms with E-state index in [1.54, 1.807) is 0 Å². The molecule has 1 aliphatic rings. The molecule has 0 N–H and O–H groups in total. The number of halogens is 8. The molecule has 8 heteroatoms. The fourth-order valence-electron chi connectivity index (χ4n) is 3.67. The number of fused-ring (bicyclic) bond motifs is 2. The Labute approximate surface area is 156 Å². The lowest BCUT2D eigenvalue weighted by Crippen LogP contribution is -2.51. The van der Waals surface area contributed by atoms with Gasteiger partial charge in [0, 0.05) is 22.3 Å². The summed E-state index contributed by atoms with van der Waals surface area (Å²) in [4.78, 5) is 0. The first-order chi connectivity index (χ1) is 12.6. The monoisotopic (exact) mass is 408 g/mol. The minimum absolute atomic E-state index is 0.127. The molecule has 3 rings (SSSR count). The molecule has 152 valence electrons. The van der Waals surface area contributed by atoms with E-state index in [2.05, 4.69) is 0 Å². The summed E-state index contributed by atoms with van der Waals surface area (Å²) in [5.74, 6) is 0. The van der Waals surface area contributed by atoms with E-state index in [1.165, 1.54) is 27.7 Å². The Balaban J connectivity index is 2.61. The Morgan fingerprint density at radius 2 is 0.679 bits per heavy atom. The van der Waals surface area contributed by atoms with Gasteiger partial charge in [-0.3, -0.25) is 0 Å². The molecule has 0 amide bonds.